The molecule has 16 heavy (non-hydrogen) atoms. The van der Waals surface area contributed by atoms with Crippen molar-refractivity contribution in [2.45, 2.75) is 31.3 Å². The number of nitrogens with two attached hydrogens (primary N) is 1. The minimum atomic E-state index is -1.19. The van der Waals surface area contributed by atoms with Crippen LogP contribution in [0.1, 0.15) is 19.3 Å². The van der Waals surface area contributed by atoms with E-state index in [9.17, 15) is 14.4 Å². The number of aliphatic carboxylic acids is 2. The Morgan fingerprint density at radius 3 is 2.50 bits per heavy atom. The standard InChI is InChI=1S/C9H14N2O5/c10-5-3-7(12)11(4-5)6(9(15)16)1-2-8(13)14/h5-6H,1-4,10H2,(H,13,14)(H,15,16). The van der Waals surface area contributed by atoms with Gasteiger partial charge < -0.3 is 20.8 Å². The highest BCUT2D eigenvalue weighted by Gasteiger charge is 2.36. The van der Waals surface area contributed by atoms with Crippen LogP contribution in [0.5, 0.6) is 0 Å². The predicted molar refractivity (Wildman–Crippen MR) is 52.6 cm³/mol. The molecule has 7 heteroatoms. The summed E-state index contributed by atoms with van der Waals surface area (Å²) in [5.41, 5.74) is 5.54. The van der Waals surface area contributed by atoms with Gasteiger partial charge in [-0.2, -0.15) is 0 Å². The third-order valence-corrected chi connectivity index (χ3v) is 2.48. The number of nitrogens with zero attached hydrogens (tertiary/aromatic N) is 1. The van der Waals surface area contributed by atoms with E-state index in [-0.39, 0.29) is 37.8 Å². The number of rotatable bonds is 5. The number of likely N-dealkylation sites (tertiary alicyclic amines) is 1. The molecular weight excluding hydrogens is 216 g/mol. The lowest BCUT2D eigenvalue weighted by molar-refractivity contribution is -0.149. The van der Waals surface area contributed by atoms with E-state index < -0.39 is 18.0 Å². The lowest BCUT2D eigenvalue weighted by Crippen LogP contribution is -2.43. The van der Waals surface area contributed by atoms with Crippen LogP contribution in [0, 0.1) is 0 Å². The molecule has 0 aliphatic carbocycles. The van der Waals surface area contributed by atoms with Crippen LogP contribution in [0.25, 0.3) is 0 Å². The zero-order valence-electron chi connectivity index (χ0n) is 8.63. The van der Waals surface area contributed by atoms with Crippen molar-refractivity contribution < 1.29 is 24.6 Å². The van der Waals surface area contributed by atoms with E-state index >= 15 is 0 Å². The maximum atomic E-state index is 11.4. The Balaban J connectivity index is 2.66. The molecule has 0 radical (unpaired) electrons. The molecule has 0 bridgehead atoms. The maximum absolute atomic E-state index is 11.4. The highest BCUT2D eigenvalue weighted by Crippen LogP contribution is 2.16. The largest absolute Gasteiger partial charge is 0.481 e. The molecule has 4 N–H and O–H groups in total. The summed E-state index contributed by atoms with van der Waals surface area (Å²) in [6, 6.07) is -1.45. The molecule has 1 rings (SSSR count). The van der Waals surface area contributed by atoms with E-state index in [1.807, 2.05) is 0 Å². The number of amides is 1. The van der Waals surface area contributed by atoms with Gasteiger partial charge in [0.05, 0.1) is 0 Å². The van der Waals surface area contributed by atoms with E-state index in [4.69, 9.17) is 15.9 Å². The van der Waals surface area contributed by atoms with Crippen molar-refractivity contribution in [1.29, 1.82) is 0 Å². The summed E-state index contributed by atoms with van der Waals surface area (Å²) < 4.78 is 0. The van der Waals surface area contributed by atoms with Crippen LogP contribution < -0.4 is 5.73 Å². The van der Waals surface area contributed by atoms with Crippen molar-refractivity contribution in [3.8, 4) is 0 Å². The highest BCUT2D eigenvalue weighted by atomic mass is 16.4. The fourth-order valence-corrected chi connectivity index (χ4v) is 1.73. The topological polar surface area (TPSA) is 121 Å². The van der Waals surface area contributed by atoms with E-state index in [0.29, 0.717) is 0 Å². The molecule has 1 saturated heterocycles. The monoisotopic (exact) mass is 230 g/mol. The molecule has 7 nitrogen and oxygen atoms in total. The van der Waals surface area contributed by atoms with Gasteiger partial charge in [0.1, 0.15) is 6.04 Å². The zero-order chi connectivity index (χ0) is 12.3. The second kappa shape index (κ2) is 4.93. The second-order valence-corrected chi connectivity index (χ2v) is 3.80. The first-order chi connectivity index (χ1) is 7.41. The molecule has 1 heterocycles. The molecule has 0 aromatic carbocycles. The molecule has 0 spiro atoms. The van der Waals surface area contributed by atoms with E-state index in [2.05, 4.69) is 0 Å². The van der Waals surface area contributed by atoms with Gasteiger partial charge in [0, 0.05) is 25.4 Å². The minimum absolute atomic E-state index is 0.0941. The van der Waals surface area contributed by atoms with Gasteiger partial charge in [-0.25, -0.2) is 4.79 Å². The lowest BCUT2D eigenvalue weighted by atomic mass is 10.1. The SMILES string of the molecule is NC1CC(=O)N(C(CCC(=O)O)C(=O)O)C1. The van der Waals surface area contributed by atoms with E-state index in [1.54, 1.807) is 0 Å². The van der Waals surface area contributed by atoms with Crippen LogP contribution in [-0.2, 0) is 14.4 Å². The molecule has 90 valence electrons. The van der Waals surface area contributed by atoms with Gasteiger partial charge in [-0.15, -0.1) is 0 Å². The number of carboxylic acid groups (broad SMARTS) is 2. The smallest absolute Gasteiger partial charge is 0.326 e. The number of carbonyl (C=O) groups is 3. The lowest BCUT2D eigenvalue weighted by Gasteiger charge is -2.23. The Labute approximate surface area is 91.8 Å². The third-order valence-electron chi connectivity index (χ3n) is 2.48. The van der Waals surface area contributed by atoms with E-state index in [0.717, 1.165) is 4.90 Å². The number of hydrogen-bond acceptors (Lipinski definition) is 4. The fraction of sp³-hybridized carbons (Fsp3) is 0.667. The summed E-state index contributed by atoms with van der Waals surface area (Å²) in [6.45, 7) is 0.176. The van der Waals surface area contributed by atoms with Crippen LogP contribution in [0.15, 0.2) is 0 Å². The first kappa shape index (κ1) is 12.4. The van der Waals surface area contributed by atoms with Crippen LogP contribution in [-0.4, -0.2) is 51.6 Å². The molecule has 1 aliphatic heterocycles. The summed E-state index contributed by atoms with van der Waals surface area (Å²) in [4.78, 5) is 33.8. The zero-order valence-corrected chi connectivity index (χ0v) is 8.63. The first-order valence-electron chi connectivity index (χ1n) is 4.91. The summed E-state index contributed by atoms with van der Waals surface area (Å²) in [5, 5.41) is 17.4. The summed E-state index contributed by atoms with van der Waals surface area (Å²) in [6.07, 6.45) is -0.254. The molecule has 0 saturated carbocycles. The predicted octanol–water partition coefficient (Wildman–Crippen LogP) is -1.14. The Morgan fingerprint density at radius 1 is 1.50 bits per heavy atom. The van der Waals surface area contributed by atoms with Crippen molar-refractivity contribution in [1.82, 2.24) is 4.90 Å². The second-order valence-electron chi connectivity index (χ2n) is 3.80. The number of hydrogen-bond donors (Lipinski definition) is 3. The third kappa shape index (κ3) is 2.93. The van der Waals surface area contributed by atoms with Crippen molar-refractivity contribution >= 4 is 17.8 Å². The molecule has 2 atom stereocenters. The summed E-state index contributed by atoms with van der Waals surface area (Å²) >= 11 is 0. The van der Waals surface area contributed by atoms with Gasteiger partial charge in [-0.3, -0.25) is 9.59 Å². The van der Waals surface area contributed by atoms with Crippen LogP contribution >= 0.6 is 0 Å². The van der Waals surface area contributed by atoms with Gasteiger partial charge >= 0.3 is 11.9 Å². The van der Waals surface area contributed by atoms with Gasteiger partial charge in [0.2, 0.25) is 5.91 Å². The molecule has 0 aromatic rings. The Hall–Kier alpha value is -1.63. The van der Waals surface area contributed by atoms with Gasteiger partial charge in [-0.1, -0.05) is 0 Å². The summed E-state index contributed by atoms with van der Waals surface area (Å²) in [5.74, 6) is -2.60. The Bertz CT molecular complexity index is 317. The quantitative estimate of drug-likeness (QED) is 0.549. The molecule has 1 aliphatic rings. The van der Waals surface area contributed by atoms with Crippen molar-refractivity contribution in [2.24, 2.45) is 5.73 Å². The van der Waals surface area contributed by atoms with Crippen LogP contribution in [0.2, 0.25) is 0 Å². The highest BCUT2D eigenvalue weighted by molar-refractivity contribution is 5.86. The first-order valence-corrected chi connectivity index (χ1v) is 4.91. The van der Waals surface area contributed by atoms with Gasteiger partial charge in [0.15, 0.2) is 0 Å². The Kier molecular flexibility index (Phi) is 3.83. The number of carboxylic acids is 2. The average Bonchev–Trinajstić information content (AvgIpc) is 2.45. The van der Waals surface area contributed by atoms with Crippen molar-refractivity contribution in [3.63, 3.8) is 0 Å². The van der Waals surface area contributed by atoms with Crippen molar-refractivity contribution in [2.75, 3.05) is 6.54 Å². The van der Waals surface area contributed by atoms with Gasteiger partial charge in [-0.05, 0) is 6.42 Å². The fourth-order valence-electron chi connectivity index (χ4n) is 1.73. The summed E-state index contributed by atoms with van der Waals surface area (Å²) in [7, 11) is 0. The average molecular weight is 230 g/mol. The molecular formula is C9H14N2O5. The molecule has 0 aromatic heterocycles. The normalized spacial score (nSPS) is 22.2. The van der Waals surface area contributed by atoms with Crippen LogP contribution in [0.3, 0.4) is 0 Å². The van der Waals surface area contributed by atoms with Gasteiger partial charge in [0.25, 0.3) is 0 Å². The van der Waals surface area contributed by atoms with Crippen LogP contribution in [0.4, 0.5) is 0 Å². The molecule has 1 amide bonds. The Morgan fingerprint density at radius 2 is 2.12 bits per heavy atom. The van der Waals surface area contributed by atoms with Crippen molar-refractivity contribution in [3.05, 3.63) is 0 Å². The minimum Gasteiger partial charge on any atom is -0.481 e. The van der Waals surface area contributed by atoms with E-state index in [1.165, 1.54) is 0 Å². The molecule has 1 fully saturated rings. The maximum Gasteiger partial charge on any atom is 0.326 e. The number of carbonyl (C=O) groups excluding carboxylic acids is 1. The molecule has 2 unspecified atom stereocenters.